The second-order valence-electron chi connectivity index (χ2n) is 9.06. The van der Waals surface area contributed by atoms with Gasteiger partial charge in [-0.2, -0.15) is 5.10 Å². The minimum absolute atomic E-state index is 0.148. The molecule has 8 heteroatoms. The minimum atomic E-state index is -0.379. The molecule has 0 saturated heterocycles. The van der Waals surface area contributed by atoms with Gasteiger partial charge in [0, 0.05) is 28.5 Å². The number of hydrazone groups is 1. The SMILES string of the molecule is Cc1ccc2c(CC(=O)N/N=C3\CCCc4oc(C(=O)Nc5ccccc5Cl)c(C)c43)coc2c1C. The van der Waals surface area contributed by atoms with Crippen LogP contribution in [0.15, 0.2) is 56.6 Å². The number of aryl methyl sites for hydroxylation is 3. The zero-order valence-electron chi connectivity index (χ0n) is 20.3. The first-order valence-corrected chi connectivity index (χ1v) is 12.2. The standard InChI is InChI=1S/C28H26ClN3O4/c1-15-11-12-19-18(14-35-26(19)16(15)2)13-24(33)32-31-22-9-6-10-23-25(22)17(3)27(36-23)28(34)30-21-8-5-4-7-20(21)29/h4-5,7-8,11-12,14H,6,9-10,13H2,1-3H3,(H,30,34)(H,32,33)/b31-22+. The van der Waals surface area contributed by atoms with Crippen molar-refractivity contribution in [3.05, 3.63) is 87.0 Å². The third-order valence-corrected chi connectivity index (χ3v) is 6.99. The lowest BCUT2D eigenvalue weighted by Crippen LogP contribution is -2.23. The van der Waals surface area contributed by atoms with Crippen molar-refractivity contribution in [1.29, 1.82) is 0 Å². The molecule has 2 aromatic heterocycles. The molecule has 7 nitrogen and oxygen atoms in total. The molecule has 36 heavy (non-hydrogen) atoms. The number of hydrogen-bond acceptors (Lipinski definition) is 5. The number of halogens is 1. The molecule has 0 spiro atoms. The fourth-order valence-corrected chi connectivity index (χ4v) is 4.79. The Kier molecular flexibility index (Phi) is 6.41. The van der Waals surface area contributed by atoms with Crippen molar-refractivity contribution in [1.82, 2.24) is 5.43 Å². The molecule has 2 aromatic carbocycles. The molecule has 0 radical (unpaired) electrons. The number of furan rings is 2. The summed E-state index contributed by atoms with van der Waals surface area (Å²) >= 11 is 6.18. The third-order valence-electron chi connectivity index (χ3n) is 6.66. The smallest absolute Gasteiger partial charge is 0.291 e. The summed E-state index contributed by atoms with van der Waals surface area (Å²) in [7, 11) is 0. The topological polar surface area (TPSA) is 96.8 Å². The highest BCUT2D eigenvalue weighted by molar-refractivity contribution is 6.33. The molecule has 2 N–H and O–H groups in total. The highest BCUT2D eigenvalue weighted by Gasteiger charge is 2.28. The predicted octanol–water partition coefficient (Wildman–Crippen LogP) is 6.26. The van der Waals surface area contributed by atoms with Crippen LogP contribution >= 0.6 is 11.6 Å². The van der Waals surface area contributed by atoms with Crippen LogP contribution in [0.25, 0.3) is 11.0 Å². The number of hydrogen-bond donors (Lipinski definition) is 2. The van der Waals surface area contributed by atoms with Crippen LogP contribution in [0.3, 0.4) is 0 Å². The summed E-state index contributed by atoms with van der Waals surface area (Å²) in [5.41, 5.74) is 9.19. The summed E-state index contributed by atoms with van der Waals surface area (Å²) < 4.78 is 11.7. The summed E-state index contributed by atoms with van der Waals surface area (Å²) in [4.78, 5) is 25.7. The molecule has 0 saturated carbocycles. The van der Waals surface area contributed by atoms with E-state index < -0.39 is 0 Å². The van der Waals surface area contributed by atoms with Gasteiger partial charge in [-0.3, -0.25) is 9.59 Å². The summed E-state index contributed by atoms with van der Waals surface area (Å²) in [6.45, 7) is 5.87. The van der Waals surface area contributed by atoms with Gasteiger partial charge < -0.3 is 14.2 Å². The number of nitrogens with zero attached hydrogens (tertiary/aromatic N) is 1. The van der Waals surface area contributed by atoms with E-state index in [4.69, 9.17) is 20.4 Å². The zero-order valence-corrected chi connectivity index (χ0v) is 21.1. The number of benzene rings is 2. The lowest BCUT2D eigenvalue weighted by Gasteiger charge is -2.13. The van der Waals surface area contributed by atoms with Gasteiger partial charge in [-0.1, -0.05) is 35.9 Å². The molecule has 2 heterocycles. The fourth-order valence-electron chi connectivity index (χ4n) is 4.61. The Morgan fingerprint density at radius 2 is 1.86 bits per heavy atom. The van der Waals surface area contributed by atoms with Gasteiger partial charge in [0.05, 0.1) is 29.1 Å². The molecule has 0 fully saturated rings. The molecule has 2 amide bonds. The van der Waals surface area contributed by atoms with E-state index in [1.807, 2.05) is 32.9 Å². The van der Waals surface area contributed by atoms with Crippen LogP contribution < -0.4 is 10.7 Å². The van der Waals surface area contributed by atoms with E-state index >= 15 is 0 Å². The molecule has 1 aliphatic rings. The van der Waals surface area contributed by atoms with Gasteiger partial charge in [-0.05, 0) is 56.9 Å². The maximum absolute atomic E-state index is 12.9. The molecule has 0 aliphatic heterocycles. The van der Waals surface area contributed by atoms with Gasteiger partial charge in [0.2, 0.25) is 5.91 Å². The summed E-state index contributed by atoms with van der Waals surface area (Å²) in [5, 5.41) is 8.60. The van der Waals surface area contributed by atoms with E-state index in [0.717, 1.165) is 39.6 Å². The quantitative estimate of drug-likeness (QED) is 0.314. The van der Waals surface area contributed by atoms with Gasteiger partial charge in [0.15, 0.2) is 5.76 Å². The Morgan fingerprint density at radius 1 is 1.06 bits per heavy atom. The molecule has 184 valence electrons. The first kappa shape index (κ1) is 23.9. The van der Waals surface area contributed by atoms with Crippen molar-refractivity contribution in [2.75, 3.05) is 5.32 Å². The van der Waals surface area contributed by atoms with Crippen LogP contribution in [-0.4, -0.2) is 17.5 Å². The average Bonchev–Trinajstić information content (AvgIpc) is 3.43. The van der Waals surface area contributed by atoms with Crippen LogP contribution in [-0.2, 0) is 17.6 Å². The lowest BCUT2D eigenvalue weighted by molar-refractivity contribution is -0.120. The molecule has 0 atom stereocenters. The van der Waals surface area contributed by atoms with Crippen LogP contribution in [0.2, 0.25) is 5.02 Å². The lowest BCUT2D eigenvalue weighted by atomic mass is 9.93. The number of carbonyl (C=O) groups excluding carboxylic acids is 2. The predicted molar refractivity (Wildman–Crippen MR) is 140 cm³/mol. The van der Waals surface area contributed by atoms with Crippen molar-refractivity contribution >= 4 is 45.8 Å². The third kappa shape index (κ3) is 4.42. The molecule has 0 bridgehead atoms. The first-order chi connectivity index (χ1) is 17.3. The van der Waals surface area contributed by atoms with Crippen molar-refractivity contribution in [2.45, 2.75) is 46.5 Å². The number of carbonyl (C=O) groups is 2. The molecular weight excluding hydrogens is 478 g/mol. The van der Waals surface area contributed by atoms with Crippen LogP contribution in [0, 0.1) is 20.8 Å². The van der Waals surface area contributed by atoms with Crippen LogP contribution in [0.5, 0.6) is 0 Å². The second-order valence-corrected chi connectivity index (χ2v) is 9.46. The Hall–Kier alpha value is -3.84. The van der Waals surface area contributed by atoms with Gasteiger partial charge in [0.25, 0.3) is 5.91 Å². The number of amides is 2. The molecular formula is C28H26ClN3O4. The van der Waals surface area contributed by atoms with Gasteiger partial charge in [-0.15, -0.1) is 0 Å². The molecule has 1 aliphatic carbocycles. The first-order valence-electron chi connectivity index (χ1n) is 11.8. The number of anilines is 1. The van der Waals surface area contributed by atoms with E-state index in [9.17, 15) is 9.59 Å². The highest BCUT2D eigenvalue weighted by atomic mass is 35.5. The van der Waals surface area contributed by atoms with Crippen molar-refractivity contribution in [2.24, 2.45) is 5.10 Å². The van der Waals surface area contributed by atoms with E-state index in [1.54, 1.807) is 30.5 Å². The Morgan fingerprint density at radius 3 is 2.67 bits per heavy atom. The molecule has 4 aromatic rings. The van der Waals surface area contributed by atoms with Crippen molar-refractivity contribution < 1.29 is 18.4 Å². The minimum Gasteiger partial charge on any atom is -0.464 e. The van der Waals surface area contributed by atoms with Gasteiger partial charge in [0.1, 0.15) is 11.3 Å². The number of para-hydroxylation sites is 1. The van der Waals surface area contributed by atoms with Gasteiger partial charge in [-0.25, -0.2) is 5.43 Å². The molecule has 5 rings (SSSR count). The maximum atomic E-state index is 12.9. The van der Waals surface area contributed by atoms with Crippen molar-refractivity contribution in [3.8, 4) is 0 Å². The highest BCUT2D eigenvalue weighted by Crippen LogP contribution is 2.31. The number of rotatable bonds is 5. The monoisotopic (exact) mass is 503 g/mol. The zero-order chi connectivity index (χ0) is 25.4. The van der Waals surface area contributed by atoms with E-state index in [0.29, 0.717) is 40.6 Å². The fraction of sp³-hybridized carbons (Fsp3) is 0.250. The Bertz CT molecular complexity index is 1530. The average molecular weight is 504 g/mol. The Labute approximate surface area is 213 Å². The Balaban J connectivity index is 1.34. The number of nitrogens with one attached hydrogen (secondary N) is 2. The summed E-state index contributed by atoms with van der Waals surface area (Å²) in [6, 6.07) is 11.0. The van der Waals surface area contributed by atoms with E-state index in [2.05, 4.69) is 15.8 Å². The second kappa shape index (κ2) is 9.66. The van der Waals surface area contributed by atoms with Gasteiger partial charge >= 0.3 is 0 Å². The number of fused-ring (bicyclic) bond motifs is 2. The van der Waals surface area contributed by atoms with Crippen molar-refractivity contribution in [3.63, 3.8) is 0 Å². The van der Waals surface area contributed by atoms with Crippen LogP contribution in [0.4, 0.5) is 5.69 Å². The summed E-state index contributed by atoms with van der Waals surface area (Å²) in [5.74, 6) is 0.295. The normalized spacial score (nSPS) is 14.2. The molecule has 0 unspecified atom stereocenters. The van der Waals surface area contributed by atoms with Crippen LogP contribution in [0.1, 0.15) is 57.0 Å². The summed E-state index contributed by atoms with van der Waals surface area (Å²) in [6.07, 6.45) is 3.96. The maximum Gasteiger partial charge on any atom is 0.291 e. The largest absolute Gasteiger partial charge is 0.464 e. The van der Waals surface area contributed by atoms with E-state index in [-0.39, 0.29) is 24.0 Å². The van der Waals surface area contributed by atoms with E-state index in [1.165, 1.54) is 0 Å².